The lowest BCUT2D eigenvalue weighted by Gasteiger charge is -2.31. The SMILES string of the molecule is C=CCSc1nnc([C@@H]2CCCN(C/C=C/c3ccccc3)C2)n1C. The van der Waals surface area contributed by atoms with Gasteiger partial charge in [-0.25, -0.2) is 0 Å². The fraction of sp³-hybridized carbons (Fsp3) is 0.400. The Bertz CT molecular complexity index is 708. The van der Waals surface area contributed by atoms with Gasteiger partial charge >= 0.3 is 0 Å². The molecule has 0 saturated carbocycles. The molecule has 0 N–H and O–H groups in total. The molecular formula is C20H26N4S. The summed E-state index contributed by atoms with van der Waals surface area (Å²) in [6.45, 7) is 6.97. The molecule has 1 atom stereocenters. The summed E-state index contributed by atoms with van der Waals surface area (Å²) in [5.41, 5.74) is 1.26. The molecule has 4 nitrogen and oxygen atoms in total. The Morgan fingerprint density at radius 1 is 1.28 bits per heavy atom. The highest BCUT2D eigenvalue weighted by Gasteiger charge is 2.25. The summed E-state index contributed by atoms with van der Waals surface area (Å²) in [6.07, 6.45) is 8.78. The highest BCUT2D eigenvalue weighted by Crippen LogP contribution is 2.27. The van der Waals surface area contributed by atoms with Gasteiger partial charge in [0.25, 0.3) is 0 Å². The number of piperidine rings is 1. The summed E-state index contributed by atoms with van der Waals surface area (Å²) in [5, 5.41) is 9.80. The first-order valence-corrected chi connectivity index (χ1v) is 9.83. The molecule has 0 bridgehead atoms. The Balaban J connectivity index is 1.58. The van der Waals surface area contributed by atoms with Crippen LogP contribution >= 0.6 is 11.8 Å². The van der Waals surface area contributed by atoms with E-state index in [1.165, 1.54) is 18.4 Å². The Morgan fingerprint density at radius 2 is 2.12 bits per heavy atom. The lowest BCUT2D eigenvalue weighted by Crippen LogP contribution is -2.35. The van der Waals surface area contributed by atoms with Crippen molar-refractivity contribution in [3.63, 3.8) is 0 Å². The number of hydrogen-bond donors (Lipinski definition) is 0. The average molecular weight is 355 g/mol. The summed E-state index contributed by atoms with van der Waals surface area (Å²) in [6, 6.07) is 10.5. The van der Waals surface area contributed by atoms with Gasteiger partial charge in [-0.15, -0.1) is 16.8 Å². The van der Waals surface area contributed by atoms with Crippen molar-refractivity contribution in [1.29, 1.82) is 0 Å². The van der Waals surface area contributed by atoms with Gasteiger partial charge in [-0.2, -0.15) is 0 Å². The van der Waals surface area contributed by atoms with E-state index in [0.717, 1.165) is 36.4 Å². The molecule has 0 spiro atoms. The predicted molar refractivity (Wildman–Crippen MR) is 106 cm³/mol. The summed E-state index contributed by atoms with van der Waals surface area (Å²) in [4.78, 5) is 2.51. The Hall–Kier alpha value is -1.85. The zero-order chi connectivity index (χ0) is 17.5. The molecule has 5 heteroatoms. The summed E-state index contributed by atoms with van der Waals surface area (Å²) >= 11 is 1.69. The Labute approximate surface area is 154 Å². The zero-order valence-electron chi connectivity index (χ0n) is 14.8. The van der Waals surface area contributed by atoms with Gasteiger partial charge < -0.3 is 4.57 Å². The van der Waals surface area contributed by atoms with Crippen molar-refractivity contribution in [2.45, 2.75) is 23.9 Å². The molecule has 3 rings (SSSR count). The normalized spacial score (nSPS) is 18.7. The van der Waals surface area contributed by atoms with E-state index in [1.54, 1.807) is 11.8 Å². The van der Waals surface area contributed by atoms with Gasteiger partial charge in [0.05, 0.1) is 0 Å². The van der Waals surface area contributed by atoms with E-state index < -0.39 is 0 Å². The topological polar surface area (TPSA) is 34.0 Å². The highest BCUT2D eigenvalue weighted by molar-refractivity contribution is 7.99. The van der Waals surface area contributed by atoms with Gasteiger partial charge in [-0.05, 0) is 24.9 Å². The number of thioether (sulfide) groups is 1. The first-order valence-electron chi connectivity index (χ1n) is 8.85. The molecule has 0 amide bonds. The molecule has 0 aliphatic carbocycles. The molecule has 25 heavy (non-hydrogen) atoms. The maximum atomic E-state index is 4.47. The van der Waals surface area contributed by atoms with Crippen molar-refractivity contribution in [2.75, 3.05) is 25.4 Å². The van der Waals surface area contributed by atoms with Crippen molar-refractivity contribution < 1.29 is 0 Å². The van der Waals surface area contributed by atoms with Crippen molar-refractivity contribution in [2.24, 2.45) is 7.05 Å². The molecule has 2 heterocycles. The maximum absolute atomic E-state index is 4.47. The van der Waals surface area contributed by atoms with Crippen LogP contribution in [0.25, 0.3) is 6.08 Å². The van der Waals surface area contributed by atoms with E-state index >= 15 is 0 Å². The highest BCUT2D eigenvalue weighted by atomic mass is 32.2. The van der Waals surface area contributed by atoms with E-state index in [1.807, 2.05) is 6.08 Å². The maximum Gasteiger partial charge on any atom is 0.191 e. The molecule has 0 unspecified atom stereocenters. The van der Waals surface area contributed by atoms with Crippen LogP contribution < -0.4 is 0 Å². The summed E-state index contributed by atoms with van der Waals surface area (Å²) < 4.78 is 2.15. The molecule has 0 radical (unpaired) electrons. The third-order valence-electron chi connectivity index (χ3n) is 4.54. The quantitative estimate of drug-likeness (QED) is 0.556. The van der Waals surface area contributed by atoms with Gasteiger partial charge in [0.1, 0.15) is 5.82 Å². The van der Waals surface area contributed by atoms with Crippen LogP contribution in [-0.2, 0) is 7.05 Å². The number of hydrogen-bond acceptors (Lipinski definition) is 4. The van der Waals surface area contributed by atoms with Crippen molar-refractivity contribution in [3.8, 4) is 0 Å². The molecule has 1 saturated heterocycles. The molecule has 1 aromatic heterocycles. The minimum Gasteiger partial charge on any atom is -0.309 e. The van der Waals surface area contributed by atoms with E-state index in [9.17, 15) is 0 Å². The van der Waals surface area contributed by atoms with Crippen LogP contribution in [-0.4, -0.2) is 45.1 Å². The van der Waals surface area contributed by atoms with Gasteiger partial charge in [0.15, 0.2) is 5.16 Å². The predicted octanol–water partition coefficient (Wildman–Crippen LogP) is 3.99. The lowest BCUT2D eigenvalue weighted by molar-refractivity contribution is 0.222. The number of aromatic nitrogens is 3. The molecule has 1 aliphatic heterocycles. The largest absolute Gasteiger partial charge is 0.309 e. The third kappa shape index (κ3) is 4.83. The second kappa shape index (κ2) is 9.02. The van der Waals surface area contributed by atoms with Crippen LogP contribution in [0.5, 0.6) is 0 Å². The van der Waals surface area contributed by atoms with Gasteiger partial charge in [-0.3, -0.25) is 4.90 Å². The first kappa shape index (κ1) is 18.0. The number of likely N-dealkylation sites (tertiary alicyclic amines) is 1. The molecule has 1 fully saturated rings. The first-order chi connectivity index (χ1) is 12.3. The number of nitrogens with zero attached hydrogens (tertiary/aromatic N) is 4. The lowest BCUT2D eigenvalue weighted by atomic mass is 9.97. The van der Waals surface area contributed by atoms with E-state index in [2.05, 4.69) is 75.8 Å². The molecule has 1 aliphatic rings. The van der Waals surface area contributed by atoms with Crippen LogP contribution in [0.2, 0.25) is 0 Å². The van der Waals surface area contributed by atoms with E-state index in [0.29, 0.717) is 5.92 Å². The van der Waals surface area contributed by atoms with Crippen LogP contribution in [0.1, 0.15) is 30.1 Å². The van der Waals surface area contributed by atoms with Crippen LogP contribution in [0.4, 0.5) is 0 Å². The van der Waals surface area contributed by atoms with Crippen molar-refractivity contribution >= 4 is 17.8 Å². The van der Waals surface area contributed by atoms with Crippen molar-refractivity contribution in [3.05, 3.63) is 60.5 Å². The minimum absolute atomic E-state index is 0.467. The van der Waals surface area contributed by atoms with Gasteiger partial charge in [0, 0.05) is 31.8 Å². The molecule has 2 aromatic rings. The number of rotatable bonds is 7. The monoisotopic (exact) mass is 354 g/mol. The summed E-state index contributed by atoms with van der Waals surface area (Å²) in [5.74, 6) is 2.45. The number of benzene rings is 1. The molecular weight excluding hydrogens is 328 g/mol. The molecule has 132 valence electrons. The molecule has 1 aromatic carbocycles. The van der Waals surface area contributed by atoms with Gasteiger partial charge in [-0.1, -0.05) is 60.3 Å². The zero-order valence-corrected chi connectivity index (χ0v) is 15.7. The third-order valence-corrected chi connectivity index (χ3v) is 5.56. The fourth-order valence-electron chi connectivity index (χ4n) is 3.27. The smallest absolute Gasteiger partial charge is 0.191 e. The second-order valence-corrected chi connectivity index (χ2v) is 7.40. The van der Waals surface area contributed by atoms with E-state index in [-0.39, 0.29) is 0 Å². The average Bonchev–Trinajstić information content (AvgIpc) is 3.02. The van der Waals surface area contributed by atoms with Crippen LogP contribution in [0, 0.1) is 0 Å². The fourth-order valence-corrected chi connectivity index (χ4v) is 3.93. The van der Waals surface area contributed by atoms with Gasteiger partial charge in [0.2, 0.25) is 0 Å². The Morgan fingerprint density at radius 3 is 2.92 bits per heavy atom. The Kier molecular flexibility index (Phi) is 6.48. The van der Waals surface area contributed by atoms with E-state index in [4.69, 9.17) is 0 Å². The van der Waals surface area contributed by atoms with Crippen molar-refractivity contribution in [1.82, 2.24) is 19.7 Å². The standard InChI is InChI=1S/C20H26N4S/c1-3-15-25-20-22-21-19(23(20)2)18-12-8-14-24(16-18)13-7-11-17-9-5-4-6-10-17/h3-7,9-11,18H,1,8,12-16H2,2H3/b11-7+/t18-/m1/s1. The van der Waals surface area contributed by atoms with Crippen LogP contribution in [0.15, 0.2) is 54.2 Å². The minimum atomic E-state index is 0.467. The van der Waals surface area contributed by atoms with Crippen LogP contribution in [0.3, 0.4) is 0 Å². The second-order valence-electron chi connectivity index (χ2n) is 6.41. The summed E-state index contributed by atoms with van der Waals surface area (Å²) in [7, 11) is 2.08.